The van der Waals surface area contributed by atoms with Gasteiger partial charge in [0.25, 0.3) is 0 Å². The minimum Gasteiger partial charge on any atom is -0.257 e. The zero-order valence-corrected chi connectivity index (χ0v) is 5.91. The maximum absolute atomic E-state index is 4.04. The molecule has 0 aliphatic carbocycles. The average Bonchev–Trinajstić information content (AvgIpc) is 1.77. The standard InChI is InChI=1S/C6H8NP/c1-5-3-2-4-7-6(5)8/h2-4H,8H2,1H3. The van der Waals surface area contributed by atoms with Gasteiger partial charge in [0.2, 0.25) is 0 Å². The monoisotopic (exact) mass is 125 g/mol. The molecule has 0 spiro atoms. The molecule has 0 N–H and O–H groups in total. The van der Waals surface area contributed by atoms with Crippen molar-refractivity contribution in [1.29, 1.82) is 0 Å². The Balaban J connectivity index is 3.13. The fraction of sp³-hybridized carbons (Fsp3) is 0.167. The van der Waals surface area contributed by atoms with Crippen molar-refractivity contribution in [3.05, 3.63) is 23.9 Å². The maximum atomic E-state index is 4.04. The highest BCUT2D eigenvalue weighted by molar-refractivity contribution is 7.27. The minimum atomic E-state index is 1.03. The summed E-state index contributed by atoms with van der Waals surface area (Å²) in [7, 11) is 2.58. The van der Waals surface area contributed by atoms with Gasteiger partial charge in [-0.05, 0) is 18.6 Å². The normalized spacial score (nSPS) is 9.25. The van der Waals surface area contributed by atoms with Crippen molar-refractivity contribution < 1.29 is 0 Å². The summed E-state index contributed by atoms with van der Waals surface area (Å²) in [5.41, 5.74) is 2.25. The van der Waals surface area contributed by atoms with Gasteiger partial charge in [-0.2, -0.15) is 0 Å². The van der Waals surface area contributed by atoms with Crippen molar-refractivity contribution in [3.8, 4) is 0 Å². The first kappa shape index (κ1) is 5.71. The minimum absolute atomic E-state index is 1.03. The van der Waals surface area contributed by atoms with Crippen LogP contribution in [0.1, 0.15) is 5.56 Å². The van der Waals surface area contributed by atoms with Gasteiger partial charge in [0, 0.05) is 6.20 Å². The number of hydrogen-bond acceptors (Lipinski definition) is 1. The van der Waals surface area contributed by atoms with Crippen molar-refractivity contribution in [2.45, 2.75) is 6.92 Å². The fourth-order valence-electron chi connectivity index (χ4n) is 0.498. The third-order valence-corrected chi connectivity index (χ3v) is 1.65. The first-order valence-electron chi connectivity index (χ1n) is 2.48. The molecule has 0 saturated carbocycles. The number of pyridine rings is 1. The third kappa shape index (κ3) is 1.05. The number of aromatic nitrogens is 1. The summed E-state index contributed by atoms with van der Waals surface area (Å²) < 4.78 is 0. The van der Waals surface area contributed by atoms with E-state index in [9.17, 15) is 0 Å². The van der Waals surface area contributed by atoms with Crippen LogP contribution in [0, 0.1) is 6.92 Å². The summed E-state index contributed by atoms with van der Waals surface area (Å²) in [6, 6.07) is 3.97. The molecule has 0 bridgehead atoms. The third-order valence-electron chi connectivity index (χ3n) is 1.05. The van der Waals surface area contributed by atoms with E-state index in [1.807, 2.05) is 19.1 Å². The van der Waals surface area contributed by atoms with E-state index in [-0.39, 0.29) is 0 Å². The molecule has 1 aromatic rings. The van der Waals surface area contributed by atoms with Gasteiger partial charge in [0.1, 0.15) is 0 Å². The molecule has 1 rings (SSSR count). The van der Waals surface area contributed by atoms with Crippen LogP contribution in [-0.2, 0) is 0 Å². The Morgan fingerprint density at radius 1 is 1.62 bits per heavy atom. The van der Waals surface area contributed by atoms with Crippen LogP contribution < -0.4 is 5.44 Å². The van der Waals surface area contributed by atoms with E-state index in [1.165, 1.54) is 5.56 Å². The zero-order valence-electron chi connectivity index (χ0n) is 4.76. The van der Waals surface area contributed by atoms with Gasteiger partial charge in [-0.25, -0.2) is 0 Å². The lowest BCUT2D eigenvalue weighted by atomic mass is 10.3. The van der Waals surface area contributed by atoms with Gasteiger partial charge in [-0.1, -0.05) is 15.3 Å². The van der Waals surface area contributed by atoms with Gasteiger partial charge in [-0.15, -0.1) is 0 Å². The summed E-state index contributed by atoms with van der Waals surface area (Å²) >= 11 is 0. The van der Waals surface area contributed by atoms with E-state index in [4.69, 9.17) is 0 Å². The van der Waals surface area contributed by atoms with Crippen LogP contribution in [0.2, 0.25) is 0 Å². The van der Waals surface area contributed by atoms with Crippen LogP contribution in [0.4, 0.5) is 0 Å². The average molecular weight is 125 g/mol. The number of rotatable bonds is 0. The van der Waals surface area contributed by atoms with E-state index in [1.54, 1.807) is 6.20 Å². The molecule has 0 amide bonds. The molecule has 1 unspecified atom stereocenters. The molecule has 0 radical (unpaired) electrons. The molecule has 42 valence electrons. The highest BCUT2D eigenvalue weighted by atomic mass is 31.0. The second-order valence-corrected chi connectivity index (χ2v) is 2.25. The second-order valence-electron chi connectivity index (χ2n) is 1.71. The molecule has 0 aromatic carbocycles. The van der Waals surface area contributed by atoms with Crippen LogP contribution in [-0.4, -0.2) is 4.98 Å². The van der Waals surface area contributed by atoms with Crippen molar-refractivity contribution in [2.75, 3.05) is 0 Å². The summed E-state index contributed by atoms with van der Waals surface area (Å²) in [6.45, 7) is 2.04. The van der Waals surface area contributed by atoms with Gasteiger partial charge < -0.3 is 0 Å². The lowest BCUT2D eigenvalue weighted by molar-refractivity contribution is 1.33. The highest BCUT2D eigenvalue weighted by Crippen LogP contribution is 1.92. The Morgan fingerprint density at radius 3 is 2.75 bits per heavy atom. The molecule has 2 heteroatoms. The van der Waals surface area contributed by atoms with Crippen LogP contribution in [0.5, 0.6) is 0 Å². The molecule has 8 heavy (non-hydrogen) atoms. The first-order chi connectivity index (χ1) is 3.80. The van der Waals surface area contributed by atoms with Crippen LogP contribution in [0.15, 0.2) is 18.3 Å². The summed E-state index contributed by atoms with van der Waals surface area (Å²) in [5, 5.41) is 0. The molecule has 0 fully saturated rings. The van der Waals surface area contributed by atoms with Crippen LogP contribution in [0.25, 0.3) is 0 Å². The predicted molar refractivity (Wildman–Crippen MR) is 38.3 cm³/mol. The second kappa shape index (κ2) is 2.23. The Bertz CT molecular complexity index is 165. The molecule has 0 aliphatic heterocycles. The Labute approximate surface area is 51.3 Å². The molecular weight excluding hydrogens is 117 g/mol. The van der Waals surface area contributed by atoms with Gasteiger partial charge in [0.05, 0.1) is 5.44 Å². The van der Waals surface area contributed by atoms with Gasteiger partial charge >= 0.3 is 0 Å². The SMILES string of the molecule is Cc1cccnc1P. The lowest BCUT2D eigenvalue weighted by Gasteiger charge is -1.92. The van der Waals surface area contributed by atoms with Crippen molar-refractivity contribution >= 4 is 14.7 Å². The van der Waals surface area contributed by atoms with Crippen LogP contribution >= 0.6 is 9.24 Å². The molecule has 1 aromatic heterocycles. The lowest BCUT2D eigenvalue weighted by Crippen LogP contribution is -1.99. The molecular formula is C6H8NP. The van der Waals surface area contributed by atoms with Crippen molar-refractivity contribution in [2.24, 2.45) is 0 Å². The van der Waals surface area contributed by atoms with E-state index >= 15 is 0 Å². The van der Waals surface area contributed by atoms with Crippen molar-refractivity contribution in [1.82, 2.24) is 4.98 Å². The number of hydrogen-bond donors (Lipinski definition) is 0. The van der Waals surface area contributed by atoms with Gasteiger partial charge in [0.15, 0.2) is 0 Å². The molecule has 0 saturated heterocycles. The quantitative estimate of drug-likeness (QED) is 0.469. The Hall–Kier alpha value is -0.420. The molecule has 0 aliphatic rings. The van der Waals surface area contributed by atoms with E-state index < -0.39 is 0 Å². The fourth-order valence-corrected chi connectivity index (χ4v) is 0.680. The smallest absolute Gasteiger partial charge is 0.0597 e. The maximum Gasteiger partial charge on any atom is 0.0597 e. The molecule has 1 nitrogen and oxygen atoms in total. The molecule has 1 atom stereocenters. The number of nitrogens with zero attached hydrogens (tertiary/aromatic N) is 1. The van der Waals surface area contributed by atoms with Gasteiger partial charge in [-0.3, -0.25) is 4.98 Å². The number of aryl methyl sites for hydroxylation is 1. The van der Waals surface area contributed by atoms with Crippen LogP contribution in [0.3, 0.4) is 0 Å². The summed E-state index contributed by atoms with van der Waals surface area (Å²) in [6.07, 6.45) is 1.79. The largest absolute Gasteiger partial charge is 0.257 e. The molecule has 1 heterocycles. The predicted octanol–water partition coefficient (Wildman–Crippen LogP) is 0.890. The van der Waals surface area contributed by atoms with E-state index in [0.717, 1.165) is 5.44 Å². The summed E-state index contributed by atoms with van der Waals surface area (Å²) in [4.78, 5) is 4.04. The first-order valence-corrected chi connectivity index (χ1v) is 3.05. The van der Waals surface area contributed by atoms with E-state index in [2.05, 4.69) is 14.2 Å². The topological polar surface area (TPSA) is 12.9 Å². The zero-order chi connectivity index (χ0) is 5.98. The van der Waals surface area contributed by atoms with Crippen molar-refractivity contribution in [3.63, 3.8) is 0 Å². The van der Waals surface area contributed by atoms with E-state index in [0.29, 0.717) is 0 Å². The Kier molecular flexibility index (Phi) is 1.59. The highest BCUT2D eigenvalue weighted by Gasteiger charge is 1.85. The Morgan fingerprint density at radius 2 is 2.38 bits per heavy atom. The summed E-state index contributed by atoms with van der Waals surface area (Å²) in [5.74, 6) is 0.